The predicted octanol–water partition coefficient (Wildman–Crippen LogP) is 3.17. The number of carboxylic acids is 1. The van der Waals surface area contributed by atoms with Crippen LogP contribution in [0.25, 0.3) is 6.08 Å². The molecular weight excluding hydrogens is 306 g/mol. The van der Waals surface area contributed by atoms with Crippen molar-refractivity contribution in [1.82, 2.24) is 4.57 Å². The summed E-state index contributed by atoms with van der Waals surface area (Å²) >= 11 is 0. The lowest BCUT2D eigenvalue weighted by Gasteiger charge is -2.27. The van der Waals surface area contributed by atoms with E-state index < -0.39 is 5.97 Å². The van der Waals surface area contributed by atoms with Crippen LogP contribution in [-0.2, 0) is 11.3 Å². The van der Waals surface area contributed by atoms with Gasteiger partial charge in [0, 0.05) is 18.3 Å². The van der Waals surface area contributed by atoms with Crippen LogP contribution in [0.5, 0.6) is 5.75 Å². The highest BCUT2D eigenvalue weighted by molar-refractivity contribution is 5.67. The van der Waals surface area contributed by atoms with Crippen LogP contribution in [0.4, 0.5) is 0 Å². The van der Waals surface area contributed by atoms with E-state index in [1.807, 2.05) is 43.3 Å². The number of hydrogen-bond donors (Lipinski definition) is 1. The number of carbonyl (C=O) groups is 1. The van der Waals surface area contributed by atoms with Gasteiger partial charge in [-0.2, -0.15) is 0 Å². The number of hydrogen-bond acceptors (Lipinski definition) is 3. The molecule has 124 valence electrons. The van der Waals surface area contributed by atoms with E-state index in [0.29, 0.717) is 17.0 Å². The lowest BCUT2D eigenvalue weighted by atomic mass is 9.98. The first kappa shape index (κ1) is 16.1. The number of aryl methyl sites for hydroxylation is 1. The Labute approximate surface area is 139 Å². The number of fused-ring (bicyclic) bond motifs is 1. The molecule has 2 heterocycles. The molecule has 0 radical (unpaired) electrons. The van der Waals surface area contributed by atoms with Crippen LogP contribution in [0, 0.1) is 6.92 Å². The Morgan fingerprint density at radius 2 is 1.96 bits per heavy atom. The van der Waals surface area contributed by atoms with Crippen molar-refractivity contribution >= 4 is 12.0 Å². The summed E-state index contributed by atoms with van der Waals surface area (Å²) in [7, 11) is 0. The fourth-order valence-corrected chi connectivity index (χ4v) is 2.95. The first-order valence-electron chi connectivity index (χ1n) is 7.83. The van der Waals surface area contributed by atoms with E-state index in [2.05, 4.69) is 0 Å². The van der Waals surface area contributed by atoms with Crippen LogP contribution in [0.1, 0.15) is 36.3 Å². The minimum atomic E-state index is -0.925. The van der Waals surface area contributed by atoms with Crippen LogP contribution in [-0.4, -0.2) is 15.6 Å². The fourth-order valence-electron chi connectivity index (χ4n) is 2.95. The molecule has 24 heavy (non-hydrogen) atoms. The summed E-state index contributed by atoms with van der Waals surface area (Å²) in [5.41, 5.74) is 2.94. The molecule has 0 bridgehead atoms. The van der Waals surface area contributed by atoms with E-state index in [-0.39, 0.29) is 24.6 Å². The molecule has 0 fully saturated rings. The Morgan fingerprint density at radius 1 is 1.25 bits per heavy atom. The van der Waals surface area contributed by atoms with Gasteiger partial charge in [0.2, 0.25) is 0 Å². The SMILES string of the molecule is CC1=Cc2c(cc(C)n(CCC(=O)O)c2=O)OC1c1ccccc1. The molecule has 5 nitrogen and oxygen atoms in total. The molecule has 1 atom stereocenters. The molecular formula is C19H19NO4. The lowest BCUT2D eigenvalue weighted by Crippen LogP contribution is -2.28. The van der Waals surface area contributed by atoms with Crippen LogP contribution >= 0.6 is 0 Å². The molecule has 0 amide bonds. The van der Waals surface area contributed by atoms with Crippen LogP contribution in [0.15, 0.2) is 46.8 Å². The zero-order valence-corrected chi connectivity index (χ0v) is 13.7. The van der Waals surface area contributed by atoms with Gasteiger partial charge in [-0.3, -0.25) is 9.59 Å². The van der Waals surface area contributed by atoms with Crippen LogP contribution in [0.3, 0.4) is 0 Å². The Bertz CT molecular complexity index is 865. The summed E-state index contributed by atoms with van der Waals surface area (Å²) in [6, 6.07) is 11.6. The third-order valence-corrected chi connectivity index (χ3v) is 4.19. The largest absolute Gasteiger partial charge is 0.481 e. The van der Waals surface area contributed by atoms with Crippen molar-refractivity contribution in [1.29, 1.82) is 0 Å². The molecule has 1 aliphatic rings. The number of ether oxygens (including phenoxy) is 1. The molecule has 0 saturated carbocycles. The van der Waals surface area contributed by atoms with Gasteiger partial charge in [-0.05, 0) is 31.1 Å². The molecule has 1 aliphatic heterocycles. The maximum Gasteiger partial charge on any atom is 0.305 e. The highest BCUT2D eigenvalue weighted by atomic mass is 16.5. The van der Waals surface area contributed by atoms with E-state index >= 15 is 0 Å². The lowest BCUT2D eigenvalue weighted by molar-refractivity contribution is -0.137. The van der Waals surface area contributed by atoms with Crippen molar-refractivity contribution in [2.45, 2.75) is 32.9 Å². The molecule has 5 heteroatoms. The summed E-state index contributed by atoms with van der Waals surface area (Å²) in [5.74, 6) is -0.380. The summed E-state index contributed by atoms with van der Waals surface area (Å²) in [6.45, 7) is 3.87. The molecule has 1 aromatic carbocycles. The molecule has 1 N–H and O–H groups in total. The van der Waals surface area contributed by atoms with Gasteiger partial charge < -0.3 is 14.4 Å². The molecule has 1 aromatic heterocycles. The van der Waals surface area contributed by atoms with E-state index in [1.54, 1.807) is 13.0 Å². The summed E-state index contributed by atoms with van der Waals surface area (Å²) in [6.07, 6.45) is 1.54. The molecule has 3 rings (SSSR count). The average Bonchev–Trinajstić information content (AvgIpc) is 2.55. The number of aliphatic carboxylic acids is 1. The van der Waals surface area contributed by atoms with Crippen LogP contribution in [0.2, 0.25) is 0 Å². The normalized spacial score (nSPS) is 16.1. The first-order chi connectivity index (χ1) is 11.5. The highest BCUT2D eigenvalue weighted by Gasteiger charge is 2.24. The Morgan fingerprint density at radius 3 is 2.62 bits per heavy atom. The monoisotopic (exact) mass is 325 g/mol. The smallest absolute Gasteiger partial charge is 0.305 e. The predicted molar refractivity (Wildman–Crippen MR) is 91.2 cm³/mol. The second-order valence-electron chi connectivity index (χ2n) is 5.96. The molecule has 0 aliphatic carbocycles. The molecule has 2 aromatic rings. The second kappa shape index (κ2) is 6.35. The van der Waals surface area contributed by atoms with Crippen molar-refractivity contribution in [2.24, 2.45) is 0 Å². The third-order valence-electron chi connectivity index (χ3n) is 4.19. The van der Waals surface area contributed by atoms with Crippen molar-refractivity contribution in [3.05, 3.63) is 69.1 Å². The van der Waals surface area contributed by atoms with E-state index in [1.165, 1.54) is 4.57 Å². The van der Waals surface area contributed by atoms with E-state index in [0.717, 1.165) is 11.1 Å². The number of rotatable bonds is 4. The molecule has 0 saturated heterocycles. The zero-order chi connectivity index (χ0) is 17.3. The average molecular weight is 325 g/mol. The topological polar surface area (TPSA) is 68.5 Å². The van der Waals surface area contributed by atoms with Crippen molar-refractivity contribution in [3.8, 4) is 5.75 Å². The van der Waals surface area contributed by atoms with Gasteiger partial charge in [-0.15, -0.1) is 0 Å². The van der Waals surface area contributed by atoms with Gasteiger partial charge in [-0.1, -0.05) is 30.3 Å². The summed E-state index contributed by atoms with van der Waals surface area (Å²) in [5, 5.41) is 8.85. The third kappa shape index (κ3) is 2.97. The minimum absolute atomic E-state index is 0.0876. The summed E-state index contributed by atoms with van der Waals surface area (Å²) in [4.78, 5) is 23.5. The number of pyridine rings is 1. The van der Waals surface area contributed by atoms with Crippen molar-refractivity contribution in [3.63, 3.8) is 0 Å². The molecule has 0 spiro atoms. The van der Waals surface area contributed by atoms with Gasteiger partial charge in [0.05, 0.1) is 12.0 Å². The number of carboxylic acid groups (broad SMARTS) is 1. The Hall–Kier alpha value is -2.82. The highest BCUT2D eigenvalue weighted by Crippen LogP contribution is 2.35. The van der Waals surface area contributed by atoms with Gasteiger partial charge >= 0.3 is 5.97 Å². The quantitative estimate of drug-likeness (QED) is 0.937. The first-order valence-corrected chi connectivity index (χ1v) is 7.83. The second-order valence-corrected chi connectivity index (χ2v) is 5.96. The number of nitrogens with zero attached hydrogens (tertiary/aromatic N) is 1. The van der Waals surface area contributed by atoms with Crippen molar-refractivity contribution in [2.75, 3.05) is 0 Å². The minimum Gasteiger partial charge on any atom is -0.481 e. The number of benzene rings is 1. The number of aromatic nitrogens is 1. The van der Waals surface area contributed by atoms with Gasteiger partial charge in [0.25, 0.3) is 5.56 Å². The van der Waals surface area contributed by atoms with Gasteiger partial charge in [0.15, 0.2) is 0 Å². The van der Waals surface area contributed by atoms with E-state index in [4.69, 9.17) is 9.84 Å². The van der Waals surface area contributed by atoms with Gasteiger partial charge in [0.1, 0.15) is 11.9 Å². The van der Waals surface area contributed by atoms with Gasteiger partial charge in [-0.25, -0.2) is 0 Å². The fraction of sp³-hybridized carbons (Fsp3) is 0.263. The molecule has 1 unspecified atom stereocenters. The summed E-state index contributed by atoms with van der Waals surface area (Å²) < 4.78 is 7.56. The maximum absolute atomic E-state index is 12.7. The van der Waals surface area contributed by atoms with E-state index in [9.17, 15) is 9.59 Å². The standard InChI is InChI=1S/C19H19NO4/c1-12-10-15-16(24-18(12)14-6-4-3-5-7-14)11-13(2)20(19(15)23)9-8-17(21)22/h3-7,10-11,18H,8-9H2,1-2H3,(H,21,22). The Balaban J connectivity index is 2.01. The van der Waals surface area contributed by atoms with Crippen LogP contribution < -0.4 is 10.3 Å². The Kier molecular flexibility index (Phi) is 4.25. The zero-order valence-electron chi connectivity index (χ0n) is 13.7. The van der Waals surface area contributed by atoms with Crippen molar-refractivity contribution < 1.29 is 14.6 Å². The maximum atomic E-state index is 12.7.